The van der Waals surface area contributed by atoms with E-state index in [1.54, 1.807) is 4.31 Å². The molecule has 0 radical (unpaired) electrons. The summed E-state index contributed by atoms with van der Waals surface area (Å²) in [6.07, 6.45) is 11.9. The molecule has 1 aliphatic carbocycles. The van der Waals surface area contributed by atoms with Crippen LogP contribution >= 0.6 is 0 Å². The van der Waals surface area contributed by atoms with Crippen molar-refractivity contribution in [1.29, 1.82) is 0 Å². The van der Waals surface area contributed by atoms with Crippen molar-refractivity contribution < 1.29 is 8.42 Å². The van der Waals surface area contributed by atoms with Crippen molar-refractivity contribution in [2.75, 3.05) is 31.9 Å². The number of nitrogens with one attached hydrogen (secondary N) is 2. The minimum absolute atomic E-state index is 0.260. The van der Waals surface area contributed by atoms with Gasteiger partial charge in [-0.1, -0.05) is 45.4 Å². The molecule has 6 nitrogen and oxygen atoms in total. The lowest BCUT2D eigenvalue weighted by molar-refractivity contribution is 0.306. The van der Waals surface area contributed by atoms with Crippen molar-refractivity contribution in [2.45, 2.75) is 84.1 Å². The van der Waals surface area contributed by atoms with Crippen molar-refractivity contribution in [1.82, 2.24) is 14.9 Å². The molecule has 0 atom stereocenters. The molecule has 0 aromatic rings. The van der Waals surface area contributed by atoms with Crippen LogP contribution in [0.2, 0.25) is 0 Å². The van der Waals surface area contributed by atoms with Crippen molar-refractivity contribution >= 4 is 16.0 Å². The number of unbranched alkanes of at least 4 members (excludes halogenated alkanes) is 1. The van der Waals surface area contributed by atoms with Gasteiger partial charge in [-0.05, 0) is 38.5 Å². The average Bonchev–Trinajstić information content (AvgIpc) is 3.15. The molecule has 7 heteroatoms. The molecule has 2 N–H and O–H groups in total. The molecule has 0 amide bonds. The van der Waals surface area contributed by atoms with Gasteiger partial charge in [0.15, 0.2) is 5.96 Å². The molecule has 1 saturated carbocycles. The summed E-state index contributed by atoms with van der Waals surface area (Å²) in [5.41, 5.74) is 0. The minimum Gasteiger partial charge on any atom is -0.357 e. The Balaban J connectivity index is 1.70. The summed E-state index contributed by atoms with van der Waals surface area (Å²) in [4.78, 5) is 4.73. The van der Waals surface area contributed by atoms with Crippen LogP contribution in [0, 0.1) is 5.92 Å². The highest BCUT2D eigenvalue weighted by Crippen LogP contribution is 2.28. The Morgan fingerprint density at radius 1 is 1.07 bits per heavy atom. The van der Waals surface area contributed by atoms with Gasteiger partial charge in [-0.2, -0.15) is 0 Å². The lowest BCUT2D eigenvalue weighted by Crippen LogP contribution is -2.50. The van der Waals surface area contributed by atoms with Gasteiger partial charge < -0.3 is 10.6 Å². The molecule has 1 heterocycles. The Morgan fingerprint density at radius 2 is 1.78 bits per heavy atom. The third-order valence-corrected chi connectivity index (χ3v) is 7.84. The van der Waals surface area contributed by atoms with E-state index >= 15 is 0 Å². The third kappa shape index (κ3) is 7.98. The number of hydrogen-bond donors (Lipinski definition) is 2. The van der Waals surface area contributed by atoms with E-state index in [1.165, 1.54) is 38.5 Å². The Hall–Kier alpha value is -0.820. The van der Waals surface area contributed by atoms with E-state index in [9.17, 15) is 8.42 Å². The SMILES string of the molecule is CCCS(=O)(=O)N1CCC(NC(=NCCCCC2CCCC2)NCC)CC1. The van der Waals surface area contributed by atoms with Gasteiger partial charge >= 0.3 is 0 Å². The van der Waals surface area contributed by atoms with Gasteiger partial charge in [0.2, 0.25) is 10.0 Å². The largest absolute Gasteiger partial charge is 0.357 e. The predicted octanol–water partition coefficient (Wildman–Crippen LogP) is 3.11. The second-order valence-corrected chi connectivity index (χ2v) is 10.1. The minimum atomic E-state index is -3.06. The quantitative estimate of drug-likeness (QED) is 0.336. The highest BCUT2D eigenvalue weighted by Gasteiger charge is 2.27. The molecule has 2 fully saturated rings. The summed E-state index contributed by atoms with van der Waals surface area (Å²) in [7, 11) is -3.06. The van der Waals surface area contributed by atoms with E-state index in [2.05, 4.69) is 17.6 Å². The van der Waals surface area contributed by atoms with Gasteiger partial charge in [-0.3, -0.25) is 4.99 Å². The lowest BCUT2D eigenvalue weighted by atomic mass is 10.0. The molecule has 2 aliphatic rings. The van der Waals surface area contributed by atoms with E-state index in [1.807, 2.05) is 6.92 Å². The van der Waals surface area contributed by atoms with Gasteiger partial charge in [-0.25, -0.2) is 12.7 Å². The van der Waals surface area contributed by atoms with E-state index in [0.29, 0.717) is 25.6 Å². The maximum atomic E-state index is 12.2. The topological polar surface area (TPSA) is 73.8 Å². The van der Waals surface area contributed by atoms with Gasteiger partial charge in [0, 0.05) is 32.2 Å². The number of sulfonamides is 1. The molecule has 2 rings (SSSR count). The van der Waals surface area contributed by atoms with Crippen LogP contribution in [0.25, 0.3) is 0 Å². The van der Waals surface area contributed by atoms with Crippen LogP contribution in [0.3, 0.4) is 0 Å². The summed E-state index contributed by atoms with van der Waals surface area (Å²) in [6.45, 7) is 6.93. The smallest absolute Gasteiger partial charge is 0.214 e. The van der Waals surface area contributed by atoms with Crippen LogP contribution in [-0.4, -0.2) is 56.7 Å². The summed E-state index contributed by atoms with van der Waals surface area (Å²) in [6, 6.07) is 0.300. The van der Waals surface area contributed by atoms with E-state index in [-0.39, 0.29) is 5.75 Å². The molecule has 1 saturated heterocycles. The van der Waals surface area contributed by atoms with Crippen LogP contribution in [0.4, 0.5) is 0 Å². The molecular weight excluding hydrogens is 360 g/mol. The number of hydrogen-bond acceptors (Lipinski definition) is 3. The highest BCUT2D eigenvalue weighted by atomic mass is 32.2. The lowest BCUT2D eigenvalue weighted by Gasteiger charge is -2.32. The summed E-state index contributed by atoms with van der Waals surface area (Å²) in [5, 5.41) is 6.84. The first-order valence-electron chi connectivity index (χ1n) is 11.1. The van der Waals surface area contributed by atoms with Gasteiger partial charge in [0.05, 0.1) is 5.75 Å². The van der Waals surface area contributed by atoms with Gasteiger partial charge in [0.25, 0.3) is 0 Å². The first-order valence-corrected chi connectivity index (χ1v) is 12.7. The monoisotopic (exact) mass is 400 g/mol. The molecule has 0 aromatic heterocycles. The Kier molecular flexibility index (Phi) is 9.90. The highest BCUT2D eigenvalue weighted by molar-refractivity contribution is 7.89. The number of rotatable bonds is 10. The second-order valence-electron chi connectivity index (χ2n) is 8.04. The van der Waals surface area contributed by atoms with Crippen LogP contribution < -0.4 is 10.6 Å². The molecule has 0 aromatic carbocycles. The van der Waals surface area contributed by atoms with Crippen molar-refractivity contribution in [3.63, 3.8) is 0 Å². The Labute approximate surface area is 166 Å². The van der Waals surface area contributed by atoms with Crippen molar-refractivity contribution in [3.8, 4) is 0 Å². The fourth-order valence-corrected chi connectivity index (χ4v) is 5.75. The zero-order valence-electron chi connectivity index (χ0n) is 17.4. The number of aliphatic imine (C=N–C) groups is 1. The van der Waals surface area contributed by atoms with E-state index in [4.69, 9.17) is 4.99 Å². The molecule has 158 valence electrons. The first kappa shape index (κ1) is 22.5. The normalized spacial score (nSPS) is 20.9. The molecule has 0 bridgehead atoms. The second kappa shape index (κ2) is 11.9. The standard InChI is InChI=1S/C20H40N4O2S/c1-3-17-27(25,26)24-15-12-19(13-16-24)23-20(21-4-2)22-14-8-7-11-18-9-5-6-10-18/h18-19H,3-17H2,1-2H3,(H2,21,22,23). The number of guanidine groups is 1. The average molecular weight is 401 g/mol. The molecule has 0 unspecified atom stereocenters. The number of piperidine rings is 1. The van der Waals surface area contributed by atoms with Crippen LogP contribution in [0.15, 0.2) is 4.99 Å². The summed E-state index contributed by atoms with van der Waals surface area (Å²) in [5.74, 6) is 2.11. The summed E-state index contributed by atoms with van der Waals surface area (Å²) < 4.78 is 26.0. The van der Waals surface area contributed by atoms with Gasteiger partial charge in [0.1, 0.15) is 0 Å². The van der Waals surface area contributed by atoms with Crippen LogP contribution in [-0.2, 0) is 10.0 Å². The summed E-state index contributed by atoms with van der Waals surface area (Å²) >= 11 is 0. The maximum Gasteiger partial charge on any atom is 0.214 e. The zero-order chi connectivity index (χ0) is 19.5. The van der Waals surface area contributed by atoms with Crippen LogP contribution in [0.1, 0.15) is 78.1 Å². The van der Waals surface area contributed by atoms with E-state index < -0.39 is 10.0 Å². The first-order chi connectivity index (χ1) is 13.0. The van der Waals surface area contributed by atoms with Crippen LogP contribution in [0.5, 0.6) is 0 Å². The third-order valence-electron chi connectivity index (χ3n) is 5.76. The maximum absolute atomic E-state index is 12.2. The van der Waals surface area contributed by atoms with Crippen molar-refractivity contribution in [2.24, 2.45) is 10.9 Å². The fourth-order valence-electron chi connectivity index (χ4n) is 4.21. The Bertz CT molecular complexity index is 536. The fraction of sp³-hybridized carbons (Fsp3) is 0.950. The predicted molar refractivity (Wildman–Crippen MR) is 114 cm³/mol. The molecule has 0 spiro atoms. The van der Waals surface area contributed by atoms with Crippen molar-refractivity contribution in [3.05, 3.63) is 0 Å². The molecule has 27 heavy (non-hydrogen) atoms. The zero-order valence-corrected chi connectivity index (χ0v) is 18.2. The number of nitrogens with zero attached hydrogens (tertiary/aromatic N) is 2. The van der Waals surface area contributed by atoms with E-state index in [0.717, 1.165) is 44.2 Å². The van der Waals surface area contributed by atoms with Gasteiger partial charge in [-0.15, -0.1) is 0 Å². The molecular formula is C20H40N4O2S. The Morgan fingerprint density at radius 3 is 2.41 bits per heavy atom. The molecule has 1 aliphatic heterocycles.